The quantitative estimate of drug-likeness (QED) is 0.721. The Morgan fingerprint density at radius 2 is 1.52 bits per heavy atom. The average Bonchev–Trinajstić information content (AvgIpc) is 2.38. The monoisotopic (exact) mass is 300 g/mol. The van der Waals surface area contributed by atoms with Crippen molar-refractivity contribution >= 4 is 5.97 Å². The number of rotatable bonds is 9. The number of carboxylic acid groups (broad SMARTS) is 1. The van der Waals surface area contributed by atoms with Crippen LogP contribution in [-0.4, -0.2) is 60.7 Å². The number of methoxy groups -OCH3 is 2. The van der Waals surface area contributed by atoms with E-state index in [2.05, 4.69) is 9.97 Å². The first-order chi connectivity index (χ1) is 9.96. The lowest BCUT2D eigenvalue weighted by Crippen LogP contribution is -2.21. The summed E-state index contributed by atoms with van der Waals surface area (Å²) >= 11 is 0. The van der Waals surface area contributed by atoms with Crippen LogP contribution < -0.4 is 9.47 Å². The van der Waals surface area contributed by atoms with Crippen LogP contribution in [0.15, 0.2) is 6.07 Å². The molecule has 0 amide bonds. The zero-order valence-electron chi connectivity index (χ0n) is 12.5. The Kier molecular flexibility index (Phi) is 6.83. The molecule has 2 unspecified atom stereocenters. The van der Waals surface area contributed by atoms with Crippen LogP contribution in [0.3, 0.4) is 0 Å². The summed E-state index contributed by atoms with van der Waals surface area (Å²) in [5.41, 5.74) is 0. The van der Waals surface area contributed by atoms with Crippen molar-refractivity contribution in [1.82, 2.24) is 9.97 Å². The SMILES string of the molecule is COCC(C)Oc1cc(OC(C)COC)nc(C(=O)O)n1. The van der Waals surface area contributed by atoms with E-state index in [0.29, 0.717) is 13.2 Å². The number of hydrogen-bond acceptors (Lipinski definition) is 7. The van der Waals surface area contributed by atoms with Crippen molar-refractivity contribution in [3.63, 3.8) is 0 Å². The molecule has 0 aliphatic carbocycles. The molecule has 1 aromatic heterocycles. The summed E-state index contributed by atoms with van der Waals surface area (Å²) in [5, 5.41) is 9.02. The van der Waals surface area contributed by atoms with Crippen molar-refractivity contribution in [1.29, 1.82) is 0 Å². The standard InChI is InChI=1S/C13H20N2O6/c1-8(6-18-3)20-10-5-11(21-9(2)7-19-4)15-12(14-10)13(16)17/h5,8-9H,6-7H2,1-4H3,(H,16,17). The number of carbonyl (C=O) groups is 1. The molecule has 0 bridgehead atoms. The molecule has 1 N–H and O–H groups in total. The molecule has 0 saturated heterocycles. The molecule has 1 rings (SSSR count). The van der Waals surface area contributed by atoms with Crippen LogP contribution in [-0.2, 0) is 9.47 Å². The summed E-state index contributed by atoms with van der Waals surface area (Å²) in [4.78, 5) is 18.7. The first-order valence-electron chi connectivity index (χ1n) is 6.39. The van der Waals surface area contributed by atoms with Gasteiger partial charge in [-0.15, -0.1) is 0 Å². The largest absolute Gasteiger partial charge is 0.475 e. The summed E-state index contributed by atoms with van der Waals surface area (Å²) in [6.45, 7) is 4.26. The van der Waals surface area contributed by atoms with Crippen molar-refractivity contribution in [2.45, 2.75) is 26.1 Å². The minimum Gasteiger partial charge on any atom is -0.475 e. The van der Waals surface area contributed by atoms with Crippen LogP contribution in [0.25, 0.3) is 0 Å². The Hall–Kier alpha value is -1.93. The topological polar surface area (TPSA) is 100 Å². The van der Waals surface area contributed by atoms with Crippen LogP contribution >= 0.6 is 0 Å². The van der Waals surface area contributed by atoms with E-state index >= 15 is 0 Å². The second-order valence-electron chi connectivity index (χ2n) is 4.44. The smallest absolute Gasteiger partial charge is 0.374 e. The summed E-state index contributed by atoms with van der Waals surface area (Å²) in [6.07, 6.45) is -0.563. The summed E-state index contributed by atoms with van der Waals surface area (Å²) < 4.78 is 20.8. The third-order valence-corrected chi connectivity index (χ3v) is 2.32. The summed E-state index contributed by atoms with van der Waals surface area (Å²) in [6, 6.07) is 1.44. The Bertz CT molecular complexity index is 436. The van der Waals surface area contributed by atoms with Crippen molar-refractivity contribution in [3.8, 4) is 11.8 Å². The number of aromatic carboxylic acids is 1. The molecule has 0 radical (unpaired) electrons. The molecule has 0 aromatic carbocycles. The molecule has 0 aliphatic heterocycles. The Labute approximate surface area is 123 Å². The van der Waals surface area contributed by atoms with Gasteiger partial charge >= 0.3 is 5.97 Å². The molecular weight excluding hydrogens is 280 g/mol. The maximum Gasteiger partial charge on any atom is 0.374 e. The number of nitrogens with zero attached hydrogens (tertiary/aromatic N) is 2. The fourth-order valence-electron chi connectivity index (χ4n) is 1.57. The van der Waals surface area contributed by atoms with Crippen LogP contribution in [0.4, 0.5) is 0 Å². The Morgan fingerprint density at radius 3 is 1.86 bits per heavy atom. The lowest BCUT2D eigenvalue weighted by atomic mass is 10.4. The van der Waals surface area contributed by atoms with Gasteiger partial charge < -0.3 is 24.1 Å². The highest BCUT2D eigenvalue weighted by Crippen LogP contribution is 2.18. The average molecular weight is 300 g/mol. The normalized spacial score (nSPS) is 13.5. The van der Waals surface area contributed by atoms with Gasteiger partial charge in [-0.05, 0) is 13.8 Å². The van der Waals surface area contributed by atoms with Crippen LogP contribution in [0.1, 0.15) is 24.5 Å². The van der Waals surface area contributed by atoms with Crippen molar-refractivity contribution in [2.24, 2.45) is 0 Å². The van der Waals surface area contributed by atoms with Crippen molar-refractivity contribution < 1.29 is 28.8 Å². The highest BCUT2D eigenvalue weighted by molar-refractivity contribution is 5.83. The van der Waals surface area contributed by atoms with Gasteiger partial charge in [-0.3, -0.25) is 0 Å². The molecule has 0 fully saturated rings. The van der Waals surface area contributed by atoms with E-state index in [-0.39, 0.29) is 24.0 Å². The second-order valence-corrected chi connectivity index (χ2v) is 4.44. The van der Waals surface area contributed by atoms with Crippen LogP contribution in [0.2, 0.25) is 0 Å². The molecule has 1 aromatic rings. The highest BCUT2D eigenvalue weighted by Gasteiger charge is 2.16. The Balaban J connectivity index is 2.92. The van der Waals surface area contributed by atoms with E-state index in [9.17, 15) is 4.79 Å². The third kappa shape index (κ3) is 5.92. The van der Waals surface area contributed by atoms with Gasteiger partial charge in [0.1, 0.15) is 12.2 Å². The van der Waals surface area contributed by atoms with Crippen molar-refractivity contribution in [2.75, 3.05) is 27.4 Å². The van der Waals surface area contributed by atoms with E-state index in [0.717, 1.165) is 0 Å². The highest BCUT2D eigenvalue weighted by atomic mass is 16.5. The number of aromatic nitrogens is 2. The molecule has 0 saturated carbocycles. The first kappa shape index (κ1) is 17.1. The van der Waals surface area contributed by atoms with Gasteiger partial charge in [0.05, 0.1) is 19.3 Å². The summed E-state index contributed by atoms with van der Waals surface area (Å²) in [7, 11) is 3.09. The minimum absolute atomic E-state index is 0.117. The van der Waals surface area contributed by atoms with E-state index in [1.54, 1.807) is 28.1 Å². The number of carboxylic acids is 1. The van der Waals surface area contributed by atoms with Crippen LogP contribution in [0.5, 0.6) is 11.8 Å². The second kappa shape index (κ2) is 8.38. The minimum atomic E-state index is -1.26. The lowest BCUT2D eigenvalue weighted by molar-refractivity contribution is 0.0662. The lowest BCUT2D eigenvalue weighted by Gasteiger charge is -2.16. The zero-order valence-corrected chi connectivity index (χ0v) is 12.5. The van der Waals surface area contributed by atoms with Gasteiger partial charge in [-0.1, -0.05) is 0 Å². The van der Waals surface area contributed by atoms with Gasteiger partial charge in [-0.25, -0.2) is 4.79 Å². The summed E-state index contributed by atoms with van der Waals surface area (Å²) in [5.74, 6) is -1.42. The third-order valence-electron chi connectivity index (χ3n) is 2.32. The molecule has 0 aliphatic rings. The van der Waals surface area contributed by atoms with E-state index in [1.807, 2.05) is 0 Å². The van der Waals surface area contributed by atoms with Gasteiger partial charge in [0.15, 0.2) is 0 Å². The van der Waals surface area contributed by atoms with E-state index < -0.39 is 11.8 Å². The number of ether oxygens (including phenoxy) is 4. The van der Waals surface area contributed by atoms with Gasteiger partial charge in [0.25, 0.3) is 0 Å². The molecule has 8 heteroatoms. The number of hydrogen-bond donors (Lipinski definition) is 1. The Morgan fingerprint density at radius 1 is 1.10 bits per heavy atom. The molecule has 1 heterocycles. The van der Waals surface area contributed by atoms with E-state index in [4.69, 9.17) is 24.1 Å². The molecule has 0 spiro atoms. The molecule has 21 heavy (non-hydrogen) atoms. The fraction of sp³-hybridized carbons (Fsp3) is 0.615. The maximum atomic E-state index is 11.0. The predicted molar refractivity (Wildman–Crippen MR) is 72.9 cm³/mol. The van der Waals surface area contributed by atoms with Crippen molar-refractivity contribution in [3.05, 3.63) is 11.9 Å². The predicted octanol–water partition coefficient (Wildman–Crippen LogP) is 1.00. The van der Waals surface area contributed by atoms with Gasteiger partial charge in [0, 0.05) is 14.2 Å². The molecule has 2 atom stereocenters. The van der Waals surface area contributed by atoms with Crippen LogP contribution in [0, 0.1) is 0 Å². The van der Waals surface area contributed by atoms with Gasteiger partial charge in [0.2, 0.25) is 17.6 Å². The fourth-order valence-corrected chi connectivity index (χ4v) is 1.57. The molecule has 118 valence electrons. The zero-order chi connectivity index (χ0) is 15.8. The van der Waals surface area contributed by atoms with Gasteiger partial charge in [-0.2, -0.15) is 9.97 Å². The molecular formula is C13H20N2O6. The molecule has 8 nitrogen and oxygen atoms in total. The first-order valence-corrected chi connectivity index (χ1v) is 6.39. The maximum absolute atomic E-state index is 11.0. The van der Waals surface area contributed by atoms with E-state index in [1.165, 1.54) is 6.07 Å².